The molecule has 0 N–H and O–H groups in total. The lowest BCUT2D eigenvalue weighted by atomic mass is 10.0. The van der Waals surface area contributed by atoms with Crippen molar-refractivity contribution in [1.82, 2.24) is 0 Å². The summed E-state index contributed by atoms with van der Waals surface area (Å²) in [5.41, 5.74) is 3.53. The van der Waals surface area contributed by atoms with E-state index in [1.54, 1.807) is 0 Å². The topological polar surface area (TPSA) is 20.3 Å². The van der Waals surface area contributed by atoms with Gasteiger partial charge in [-0.15, -0.1) is 0 Å². The van der Waals surface area contributed by atoms with Gasteiger partial charge in [0.05, 0.1) is 0 Å². The van der Waals surface area contributed by atoms with Gasteiger partial charge in [-0.1, -0.05) is 78.9 Å². The molecule has 0 aliphatic carbocycles. The number of rotatable bonds is 5. The standard InChI is InChI=1S/C23H21NO/c1-2-24(21-16-10-5-11-17-21)23(25)22(20-14-8-4-9-15-20)18-19-12-6-3-7-13-19/h3-18H,2H2,1H3. The predicted molar refractivity (Wildman–Crippen MR) is 105 cm³/mol. The summed E-state index contributed by atoms with van der Waals surface area (Å²) in [7, 11) is 0. The minimum Gasteiger partial charge on any atom is -0.309 e. The molecule has 2 heteroatoms. The van der Waals surface area contributed by atoms with Crippen LogP contribution in [0.2, 0.25) is 0 Å². The highest BCUT2D eigenvalue weighted by atomic mass is 16.2. The van der Waals surface area contributed by atoms with Crippen LogP contribution in [0.5, 0.6) is 0 Å². The summed E-state index contributed by atoms with van der Waals surface area (Å²) in [6, 6.07) is 29.6. The summed E-state index contributed by atoms with van der Waals surface area (Å²) in [6.07, 6.45) is 1.96. The van der Waals surface area contributed by atoms with Gasteiger partial charge in [0.2, 0.25) is 0 Å². The van der Waals surface area contributed by atoms with Crippen LogP contribution in [0.3, 0.4) is 0 Å². The minimum absolute atomic E-state index is 0.00348. The van der Waals surface area contributed by atoms with Gasteiger partial charge in [-0.2, -0.15) is 0 Å². The Hall–Kier alpha value is -3.13. The molecule has 0 radical (unpaired) electrons. The normalized spacial score (nSPS) is 11.2. The first-order valence-corrected chi connectivity index (χ1v) is 8.48. The summed E-state index contributed by atoms with van der Waals surface area (Å²) < 4.78 is 0. The van der Waals surface area contributed by atoms with E-state index in [0.29, 0.717) is 12.1 Å². The average molecular weight is 327 g/mol. The van der Waals surface area contributed by atoms with Gasteiger partial charge in [0.15, 0.2) is 0 Å². The Morgan fingerprint density at radius 3 is 1.88 bits per heavy atom. The van der Waals surface area contributed by atoms with Crippen LogP contribution in [0.25, 0.3) is 11.6 Å². The quantitative estimate of drug-likeness (QED) is 0.461. The zero-order chi connectivity index (χ0) is 17.5. The first-order valence-electron chi connectivity index (χ1n) is 8.48. The second kappa shape index (κ2) is 8.11. The SMILES string of the molecule is CCN(C(=O)C(=Cc1ccccc1)c1ccccc1)c1ccccc1. The van der Waals surface area contributed by atoms with Crippen LogP contribution in [0, 0.1) is 0 Å². The van der Waals surface area contributed by atoms with Gasteiger partial charge in [0.25, 0.3) is 5.91 Å². The third-order valence-electron chi connectivity index (χ3n) is 4.06. The predicted octanol–water partition coefficient (Wildman–Crippen LogP) is 5.28. The molecule has 0 heterocycles. The number of para-hydroxylation sites is 1. The van der Waals surface area contributed by atoms with Crippen molar-refractivity contribution >= 4 is 23.2 Å². The van der Waals surface area contributed by atoms with Crippen molar-refractivity contribution in [1.29, 1.82) is 0 Å². The molecule has 0 saturated heterocycles. The Kier molecular flexibility index (Phi) is 5.43. The molecule has 0 saturated carbocycles. The Labute approximate surface area is 149 Å². The second-order valence-corrected chi connectivity index (χ2v) is 5.72. The average Bonchev–Trinajstić information content (AvgIpc) is 2.69. The van der Waals surface area contributed by atoms with Crippen LogP contribution in [0.15, 0.2) is 91.0 Å². The molecule has 0 fully saturated rings. The molecular weight excluding hydrogens is 306 g/mol. The number of nitrogens with zero attached hydrogens (tertiary/aromatic N) is 1. The number of carbonyl (C=O) groups excluding carboxylic acids is 1. The highest BCUT2D eigenvalue weighted by Crippen LogP contribution is 2.24. The third-order valence-corrected chi connectivity index (χ3v) is 4.06. The number of benzene rings is 3. The van der Waals surface area contributed by atoms with E-state index >= 15 is 0 Å². The van der Waals surface area contributed by atoms with E-state index in [2.05, 4.69) is 0 Å². The highest BCUT2D eigenvalue weighted by Gasteiger charge is 2.19. The van der Waals surface area contributed by atoms with Crippen LogP contribution < -0.4 is 4.90 Å². The molecule has 0 bridgehead atoms. The lowest BCUT2D eigenvalue weighted by Crippen LogP contribution is -2.31. The number of hydrogen-bond donors (Lipinski definition) is 0. The molecular formula is C23H21NO. The van der Waals surface area contributed by atoms with Crippen LogP contribution >= 0.6 is 0 Å². The van der Waals surface area contributed by atoms with Crippen LogP contribution in [0.1, 0.15) is 18.1 Å². The van der Waals surface area contributed by atoms with Gasteiger partial charge in [-0.25, -0.2) is 0 Å². The summed E-state index contributed by atoms with van der Waals surface area (Å²) >= 11 is 0. The van der Waals surface area contributed by atoms with E-state index in [9.17, 15) is 4.79 Å². The molecule has 0 aliphatic rings. The van der Waals surface area contributed by atoms with Crippen molar-refractivity contribution in [2.45, 2.75) is 6.92 Å². The maximum atomic E-state index is 13.3. The lowest BCUT2D eigenvalue weighted by molar-refractivity contribution is -0.113. The second-order valence-electron chi connectivity index (χ2n) is 5.72. The lowest BCUT2D eigenvalue weighted by Gasteiger charge is -2.23. The van der Waals surface area contributed by atoms with Gasteiger partial charge in [0.1, 0.15) is 0 Å². The number of anilines is 1. The van der Waals surface area contributed by atoms with Crippen molar-refractivity contribution in [3.05, 3.63) is 102 Å². The van der Waals surface area contributed by atoms with Crippen molar-refractivity contribution in [3.8, 4) is 0 Å². The Morgan fingerprint density at radius 2 is 1.32 bits per heavy atom. The van der Waals surface area contributed by atoms with Crippen LogP contribution in [-0.4, -0.2) is 12.5 Å². The fraction of sp³-hybridized carbons (Fsp3) is 0.0870. The fourth-order valence-corrected chi connectivity index (χ4v) is 2.80. The van der Waals surface area contributed by atoms with Gasteiger partial charge in [0, 0.05) is 17.8 Å². The monoisotopic (exact) mass is 327 g/mol. The van der Waals surface area contributed by atoms with Crippen LogP contribution in [0.4, 0.5) is 5.69 Å². The van der Waals surface area contributed by atoms with E-state index < -0.39 is 0 Å². The number of carbonyl (C=O) groups is 1. The molecule has 25 heavy (non-hydrogen) atoms. The molecule has 3 aromatic rings. The van der Waals surface area contributed by atoms with Gasteiger partial charge < -0.3 is 4.90 Å². The maximum Gasteiger partial charge on any atom is 0.258 e. The van der Waals surface area contributed by atoms with Crippen molar-refractivity contribution < 1.29 is 4.79 Å². The van der Waals surface area contributed by atoms with Gasteiger partial charge in [-0.3, -0.25) is 4.79 Å². The Morgan fingerprint density at radius 1 is 0.800 bits per heavy atom. The molecule has 0 spiro atoms. The van der Waals surface area contributed by atoms with Crippen molar-refractivity contribution in [2.24, 2.45) is 0 Å². The molecule has 1 amide bonds. The highest BCUT2D eigenvalue weighted by molar-refractivity contribution is 6.30. The minimum atomic E-state index is 0.00348. The van der Waals surface area contributed by atoms with Crippen LogP contribution in [-0.2, 0) is 4.79 Å². The van der Waals surface area contributed by atoms with Crippen molar-refractivity contribution in [2.75, 3.05) is 11.4 Å². The Bertz CT molecular complexity index is 839. The zero-order valence-corrected chi connectivity index (χ0v) is 14.3. The third kappa shape index (κ3) is 4.04. The van der Waals surface area contributed by atoms with Gasteiger partial charge in [-0.05, 0) is 36.3 Å². The van der Waals surface area contributed by atoms with E-state index in [1.807, 2.05) is 109 Å². The smallest absolute Gasteiger partial charge is 0.258 e. The van der Waals surface area contributed by atoms with E-state index in [-0.39, 0.29) is 5.91 Å². The molecule has 3 aromatic carbocycles. The van der Waals surface area contributed by atoms with E-state index in [1.165, 1.54) is 0 Å². The molecule has 0 aliphatic heterocycles. The molecule has 0 unspecified atom stereocenters. The summed E-state index contributed by atoms with van der Waals surface area (Å²) in [5, 5.41) is 0. The molecule has 2 nitrogen and oxygen atoms in total. The maximum absolute atomic E-state index is 13.3. The molecule has 0 aromatic heterocycles. The summed E-state index contributed by atoms with van der Waals surface area (Å²) in [6.45, 7) is 2.61. The summed E-state index contributed by atoms with van der Waals surface area (Å²) in [4.78, 5) is 15.1. The number of hydrogen-bond acceptors (Lipinski definition) is 1. The van der Waals surface area contributed by atoms with Gasteiger partial charge >= 0.3 is 0 Å². The Balaban J connectivity index is 2.05. The largest absolute Gasteiger partial charge is 0.309 e. The fourth-order valence-electron chi connectivity index (χ4n) is 2.80. The zero-order valence-electron chi connectivity index (χ0n) is 14.3. The van der Waals surface area contributed by atoms with E-state index in [4.69, 9.17) is 0 Å². The van der Waals surface area contributed by atoms with E-state index in [0.717, 1.165) is 16.8 Å². The summed E-state index contributed by atoms with van der Waals surface area (Å²) in [5.74, 6) is 0.00348. The first kappa shape index (κ1) is 16.7. The molecule has 124 valence electrons. The number of likely N-dealkylation sites (N-methyl/N-ethyl adjacent to an activating group) is 1. The number of amides is 1. The van der Waals surface area contributed by atoms with Crippen molar-refractivity contribution in [3.63, 3.8) is 0 Å². The first-order chi connectivity index (χ1) is 12.3. The molecule has 0 atom stereocenters. The molecule has 3 rings (SSSR count).